The van der Waals surface area contributed by atoms with E-state index in [1.54, 1.807) is 14.2 Å². The van der Waals surface area contributed by atoms with Gasteiger partial charge in [-0.3, -0.25) is 4.79 Å². The van der Waals surface area contributed by atoms with Gasteiger partial charge in [0.1, 0.15) is 0 Å². The highest BCUT2D eigenvalue weighted by Gasteiger charge is 2.30. The molecule has 0 radical (unpaired) electrons. The molecule has 0 N–H and O–H groups in total. The van der Waals surface area contributed by atoms with Gasteiger partial charge < -0.3 is 14.4 Å². The summed E-state index contributed by atoms with van der Waals surface area (Å²) < 4.78 is 11.2. The molecule has 4 nitrogen and oxygen atoms in total. The van der Waals surface area contributed by atoms with Crippen LogP contribution in [-0.4, -0.2) is 27.1 Å². The van der Waals surface area contributed by atoms with Gasteiger partial charge in [0.15, 0.2) is 17.8 Å². The molecule has 35 heavy (non-hydrogen) atoms. The van der Waals surface area contributed by atoms with Gasteiger partial charge in [0.25, 0.3) is 0 Å². The van der Waals surface area contributed by atoms with Crippen LogP contribution in [0, 0.1) is 0 Å². The van der Waals surface area contributed by atoms with Gasteiger partial charge in [0, 0.05) is 17.8 Å². The van der Waals surface area contributed by atoms with Crippen molar-refractivity contribution in [3.05, 3.63) is 113 Å². The fraction of sp³-hybridized carbons (Fsp3) is 0.194. The Kier molecular flexibility index (Phi) is 6.53. The summed E-state index contributed by atoms with van der Waals surface area (Å²) in [6, 6.07) is 31.3. The van der Waals surface area contributed by atoms with Crippen LogP contribution in [0.5, 0.6) is 11.5 Å². The van der Waals surface area contributed by atoms with Crippen LogP contribution in [0.15, 0.2) is 91.0 Å². The molecule has 0 aromatic heterocycles. The zero-order chi connectivity index (χ0) is 24.2. The maximum Gasteiger partial charge on any atom is 0.161 e. The van der Waals surface area contributed by atoms with Crippen molar-refractivity contribution in [2.24, 2.45) is 0 Å². The number of nitrogens with zero attached hydrogens (tertiary/aromatic N) is 1. The first-order valence-electron chi connectivity index (χ1n) is 11.9. The van der Waals surface area contributed by atoms with Crippen LogP contribution in [0.2, 0.25) is 0 Å². The monoisotopic (exact) mass is 463 g/mol. The molecular weight excluding hydrogens is 434 g/mol. The molecule has 4 aromatic carbocycles. The number of hydrogen-bond donors (Lipinski definition) is 0. The summed E-state index contributed by atoms with van der Waals surface area (Å²) in [5.41, 5.74) is 7.80. The average Bonchev–Trinajstić information content (AvgIpc) is 2.93. The number of anilines is 1. The number of fused-ring (bicyclic) bond motifs is 1. The Morgan fingerprint density at radius 3 is 2.20 bits per heavy atom. The van der Waals surface area contributed by atoms with E-state index < -0.39 is 0 Å². The lowest BCUT2D eigenvalue weighted by molar-refractivity contribution is 0.112. The van der Waals surface area contributed by atoms with Crippen molar-refractivity contribution in [1.29, 1.82) is 0 Å². The summed E-state index contributed by atoms with van der Waals surface area (Å²) in [6.07, 6.45) is 2.63. The van der Waals surface area contributed by atoms with Crippen molar-refractivity contribution < 1.29 is 14.3 Å². The third-order valence-electron chi connectivity index (χ3n) is 6.87. The van der Waals surface area contributed by atoms with Crippen LogP contribution in [0.3, 0.4) is 0 Å². The minimum Gasteiger partial charge on any atom is -0.493 e. The van der Waals surface area contributed by atoms with Crippen LogP contribution in [-0.2, 0) is 12.8 Å². The zero-order valence-corrected chi connectivity index (χ0v) is 20.1. The van der Waals surface area contributed by atoms with E-state index in [-0.39, 0.29) is 6.04 Å². The van der Waals surface area contributed by atoms with Crippen LogP contribution in [0.1, 0.15) is 33.1 Å². The first kappa shape index (κ1) is 22.7. The van der Waals surface area contributed by atoms with Gasteiger partial charge in [-0.1, -0.05) is 66.7 Å². The molecule has 0 bridgehead atoms. The van der Waals surface area contributed by atoms with E-state index in [9.17, 15) is 4.79 Å². The summed E-state index contributed by atoms with van der Waals surface area (Å²) in [5, 5.41) is 0. The lowest BCUT2D eigenvalue weighted by atomic mass is 9.87. The lowest BCUT2D eigenvalue weighted by Crippen LogP contribution is -2.37. The lowest BCUT2D eigenvalue weighted by Gasteiger charge is -2.40. The fourth-order valence-electron chi connectivity index (χ4n) is 5.07. The molecule has 0 spiro atoms. The van der Waals surface area contributed by atoms with Crippen LogP contribution in [0.4, 0.5) is 5.69 Å². The molecule has 5 rings (SSSR count). The zero-order valence-electron chi connectivity index (χ0n) is 20.1. The minimum absolute atomic E-state index is 0.0576. The highest BCUT2D eigenvalue weighted by Crippen LogP contribution is 2.42. The first-order chi connectivity index (χ1) is 17.2. The molecule has 1 aliphatic rings. The molecule has 1 atom stereocenters. The number of carbonyl (C=O) groups is 1. The number of aldehydes is 1. The molecule has 4 heteroatoms. The predicted octanol–water partition coefficient (Wildman–Crippen LogP) is 6.53. The molecule has 0 saturated carbocycles. The van der Waals surface area contributed by atoms with E-state index in [0.29, 0.717) is 5.56 Å². The van der Waals surface area contributed by atoms with Gasteiger partial charge >= 0.3 is 0 Å². The largest absolute Gasteiger partial charge is 0.493 e. The molecule has 1 unspecified atom stereocenters. The van der Waals surface area contributed by atoms with E-state index >= 15 is 0 Å². The minimum atomic E-state index is 0.0576. The SMILES string of the molecule is COc1cc2c(cc1OC)C(Cc1ccc(-c3ccccc3)cc1)N(c1ccccc1C=O)CC2. The predicted molar refractivity (Wildman–Crippen MR) is 141 cm³/mol. The Morgan fingerprint density at radius 1 is 0.829 bits per heavy atom. The summed E-state index contributed by atoms with van der Waals surface area (Å²) >= 11 is 0. The van der Waals surface area contributed by atoms with Crippen molar-refractivity contribution in [3.8, 4) is 22.6 Å². The highest BCUT2D eigenvalue weighted by atomic mass is 16.5. The molecule has 4 aromatic rings. The first-order valence-corrected chi connectivity index (χ1v) is 11.9. The summed E-state index contributed by atoms with van der Waals surface area (Å²) in [6.45, 7) is 0.820. The quantitative estimate of drug-likeness (QED) is 0.292. The molecule has 1 aliphatic heterocycles. The Morgan fingerprint density at radius 2 is 1.49 bits per heavy atom. The normalized spacial score (nSPS) is 14.8. The van der Waals surface area contributed by atoms with E-state index in [4.69, 9.17) is 9.47 Å². The van der Waals surface area contributed by atoms with Gasteiger partial charge in [0.05, 0.1) is 20.3 Å². The Labute approximate surface area is 206 Å². The molecule has 0 saturated heterocycles. The highest BCUT2D eigenvalue weighted by molar-refractivity contribution is 5.85. The maximum absolute atomic E-state index is 11.9. The van der Waals surface area contributed by atoms with Gasteiger partial charge in [-0.2, -0.15) is 0 Å². The summed E-state index contributed by atoms with van der Waals surface area (Å²) in [5.74, 6) is 1.47. The van der Waals surface area contributed by atoms with Crippen molar-refractivity contribution >= 4 is 12.0 Å². The Balaban J connectivity index is 1.55. The number of hydrogen-bond acceptors (Lipinski definition) is 4. The second kappa shape index (κ2) is 10.1. The Bertz CT molecular complexity index is 1320. The van der Waals surface area contributed by atoms with Gasteiger partial charge in [0.2, 0.25) is 0 Å². The van der Waals surface area contributed by atoms with E-state index in [0.717, 1.165) is 42.9 Å². The number of ether oxygens (including phenoxy) is 2. The van der Waals surface area contributed by atoms with Gasteiger partial charge in [-0.15, -0.1) is 0 Å². The van der Waals surface area contributed by atoms with Crippen LogP contribution < -0.4 is 14.4 Å². The van der Waals surface area contributed by atoms with E-state index in [2.05, 4.69) is 65.6 Å². The van der Waals surface area contributed by atoms with E-state index in [1.165, 1.54) is 27.8 Å². The second-order valence-electron chi connectivity index (χ2n) is 8.81. The number of para-hydroxylation sites is 1. The number of methoxy groups -OCH3 is 2. The third-order valence-corrected chi connectivity index (χ3v) is 6.87. The smallest absolute Gasteiger partial charge is 0.161 e. The van der Waals surface area contributed by atoms with Crippen molar-refractivity contribution in [1.82, 2.24) is 0 Å². The molecule has 0 amide bonds. The fourth-order valence-corrected chi connectivity index (χ4v) is 5.07. The van der Waals surface area contributed by atoms with Crippen LogP contribution in [0.25, 0.3) is 11.1 Å². The van der Waals surface area contributed by atoms with Crippen molar-refractivity contribution in [2.45, 2.75) is 18.9 Å². The standard InChI is InChI=1S/C31H29NO3/c1-34-30-19-25-16-17-32(28-11-7-6-10-26(28)21-33)29(27(25)20-31(30)35-2)18-22-12-14-24(15-13-22)23-8-4-3-5-9-23/h3-15,19-21,29H,16-18H2,1-2H3. The molecule has 0 aliphatic carbocycles. The topological polar surface area (TPSA) is 38.8 Å². The third kappa shape index (κ3) is 4.52. The molecular formula is C31H29NO3. The number of rotatable bonds is 7. The maximum atomic E-state index is 11.9. The second-order valence-corrected chi connectivity index (χ2v) is 8.81. The molecule has 1 heterocycles. The number of benzene rings is 4. The van der Waals surface area contributed by atoms with Crippen LogP contribution >= 0.6 is 0 Å². The Hall–Kier alpha value is -4.05. The van der Waals surface area contributed by atoms with Crippen molar-refractivity contribution in [2.75, 3.05) is 25.7 Å². The van der Waals surface area contributed by atoms with Gasteiger partial charge in [-0.05, 0) is 64.9 Å². The van der Waals surface area contributed by atoms with E-state index in [1.807, 2.05) is 30.3 Å². The summed E-state index contributed by atoms with van der Waals surface area (Å²) in [7, 11) is 3.34. The van der Waals surface area contributed by atoms with Crippen molar-refractivity contribution in [3.63, 3.8) is 0 Å². The molecule has 0 fully saturated rings. The molecule has 176 valence electrons. The number of carbonyl (C=O) groups excluding carboxylic acids is 1. The summed E-state index contributed by atoms with van der Waals surface area (Å²) in [4.78, 5) is 14.2. The average molecular weight is 464 g/mol. The van der Waals surface area contributed by atoms with Gasteiger partial charge in [-0.25, -0.2) is 0 Å².